The molecular weight excluding hydrogens is 338 g/mol. The molecule has 5 heteroatoms. The average Bonchev–Trinajstić information content (AvgIpc) is 2.68. The highest BCUT2D eigenvalue weighted by Gasteiger charge is 2.32. The summed E-state index contributed by atoms with van der Waals surface area (Å²) in [5.41, 5.74) is 2.13. The van der Waals surface area contributed by atoms with Crippen LogP contribution >= 0.6 is 27.7 Å². The van der Waals surface area contributed by atoms with Crippen molar-refractivity contribution in [2.75, 3.05) is 11.4 Å². The van der Waals surface area contributed by atoms with Crippen molar-refractivity contribution >= 4 is 44.4 Å². The van der Waals surface area contributed by atoms with E-state index >= 15 is 0 Å². The van der Waals surface area contributed by atoms with Crippen molar-refractivity contribution in [2.45, 2.75) is 38.4 Å². The molecular formula is C15H18BrNO2S. The Morgan fingerprint density at radius 1 is 1.45 bits per heavy atom. The summed E-state index contributed by atoms with van der Waals surface area (Å²) in [5.74, 6) is 0.539. The fourth-order valence-corrected chi connectivity index (χ4v) is 3.85. The van der Waals surface area contributed by atoms with Crippen molar-refractivity contribution in [1.82, 2.24) is 0 Å². The number of thioether (sulfide) groups is 1. The molecule has 0 N–H and O–H groups in total. The lowest BCUT2D eigenvalue weighted by atomic mass is 10.0. The van der Waals surface area contributed by atoms with Crippen molar-refractivity contribution in [3.8, 4) is 0 Å². The molecule has 1 aromatic carbocycles. The molecule has 1 aliphatic rings. The lowest BCUT2D eigenvalue weighted by Gasteiger charge is -2.19. The Morgan fingerprint density at radius 3 is 2.70 bits per heavy atom. The van der Waals surface area contributed by atoms with Gasteiger partial charge >= 0.3 is 0 Å². The summed E-state index contributed by atoms with van der Waals surface area (Å²) in [7, 11) is 0. The zero-order valence-electron chi connectivity index (χ0n) is 11.9. The molecule has 1 saturated heterocycles. The fourth-order valence-electron chi connectivity index (χ4n) is 2.32. The van der Waals surface area contributed by atoms with E-state index in [1.54, 1.807) is 11.8 Å². The number of halogens is 1. The van der Waals surface area contributed by atoms with Gasteiger partial charge in [-0.1, -0.05) is 31.7 Å². The predicted molar refractivity (Wildman–Crippen MR) is 87.3 cm³/mol. The van der Waals surface area contributed by atoms with Crippen LogP contribution in [-0.2, 0) is 9.59 Å². The zero-order valence-corrected chi connectivity index (χ0v) is 14.3. The van der Waals surface area contributed by atoms with Crippen LogP contribution in [0.2, 0.25) is 0 Å². The van der Waals surface area contributed by atoms with E-state index in [2.05, 4.69) is 41.9 Å². The Balaban J connectivity index is 2.20. The van der Waals surface area contributed by atoms with Crippen molar-refractivity contribution < 1.29 is 9.59 Å². The first kappa shape index (κ1) is 15.6. The van der Waals surface area contributed by atoms with Crippen LogP contribution in [0.5, 0.6) is 0 Å². The number of nitrogens with zero attached hydrogens (tertiary/aromatic N) is 1. The molecule has 0 saturated carbocycles. The van der Waals surface area contributed by atoms with Gasteiger partial charge in [-0.25, -0.2) is 0 Å². The number of carbonyl (C=O) groups is 2. The van der Waals surface area contributed by atoms with Gasteiger partial charge < -0.3 is 4.90 Å². The maximum atomic E-state index is 12.1. The second kappa shape index (κ2) is 6.31. The van der Waals surface area contributed by atoms with Gasteiger partial charge in [-0.05, 0) is 39.5 Å². The Hall–Kier alpha value is -0.810. The van der Waals surface area contributed by atoms with Gasteiger partial charge in [0.05, 0.1) is 5.69 Å². The lowest BCUT2D eigenvalue weighted by molar-refractivity contribution is -0.117. The normalized spacial score (nSPS) is 18.9. The number of carbonyl (C=O) groups excluding carboxylic acids is 2. The van der Waals surface area contributed by atoms with Gasteiger partial charge in [0.15, 0.2) is 5.12 Å². The van der Waals surface area contributed by atoms with E-state index < -0.39 is 0 Å². The Bertz CT molecular complexity index is 545. The van der Waals surface area contributed by atoms with E-state index in [4.69, 9.17) is 0 Å². The van der Waals surface area contributed by atoms with E-state index in [0.717, 1.165) is 10.2 Å². The molecule has 1 amide bonds. The second-order valence-corrected chi connectivity index (χ2v) is 7.64. The summed E-state index contributed by atoms with van der Waals surface area (Å²) < 4.78 is 0.936. The number of hydrogen-bond donors (Lipinski definition) is 0. The van der Waals surface area contributed by atoms with Gasteiger partial charge in [-0.15, -0.1) is 0 Å². The summed E-state index contributed by atoms with van der Waals surface area (Å²) >= 11 is 4.82. The maximum Gasteiger partial charge on any atom is 0.228 e. The molecule has 108 valence electrons. The third kappa shape index (κ3) is 3.44. The Kier molecular flexibility index (Phi) is 4.91. The highest BCUT2D eigenvalue weighted by Crippen LogP contribution is 2.34. The average molecular weight is 356 g/mol. The molecule has 1 aromatic rings. The van der Waals surface area contributed by atoms with Gasteiger partial charge in [0.2, 0.25) is 5.91 Å². The van der Waals surface area contributed by atoms with Gasteiger partial charge in [-0.3, -0.25) is 9.59 Å². The molecule has 0 aliphatic carbocycles. The molecule has 1 atom stereocenters. The molecule has 1 fully saturated rings. The highest BCUT2D eigenvalue weighted by molar-refractivity contribution is 9.10. The van der Waals surface area contributed by atoms with Crippen LogP contribution in [0.25, 0.3) is 0 Å². The van der Waals surface area contributed by atoms with Crippen LogP contribution < -0.4 is 4.90 Å². The number of benzene rings is 1. The topological polar surface area (TPSA) is 37.4 Å². The zero-order chi connectivity index (χ0) is 14.9. The third-order valence-electron chi connectivity index (χ3n) is 3.35. The quantitative estimate of drug-likeness (QED) is 0.823. The van der Waals surface area contributed by atoms with Crippen molar-refractivity contribution in [2.24, 2.45) is 0 Å². The number of anilines is 1. The molecule has 0 aromatic heterocycles. The second-order valence-electron chi connectivity index (χ2n) is 5.31. The maximum absolute atomic E-state index is 12.1. The molecule has 2 rings (SSSR count). The van der Waals surface area contributed by atoms with Crippen LogP contribution in [0.1, 0.15) is 38.7 Å². The highest BCUT2D eigenvalue weighted by atomic mass is 79.9. The van der Waals surface area contributed by atoms with E-state index in [1.165, 1.54) is 17.3 Å². The molecule has 1 heterocycles. The lowest BCUT2D eigenvalue weighted by Crippen LogP contribution is -2.25. The first-order valence-corrected chi connectivity index (χ1v) is 8.32. The van der Waals surface area contributed by atoms with Crippen LogP contribution in [0.4, 0.5) is 5.69 Å². The van der Waals surface area contributed by atoms with E-state index in [1.807, 2.05) is 6.07 Å². The summed E-state index contributed by atoms with van der Waals surface area (Å²) in [6, 6.07) is 6.11. The Morgan fingerprint density at radius 2 is 2.15 bits per heavy atom. The van der Waals surface area contributed by atoms with Crippen LogP contribution in [-0.4, -0.2) is 22.8 Å². The van der Waals surface area contributed by atoms with E-state index in [-0.39, 0.29) is 16.3 Å². The first-order chi connectivity index (χ1) is 9.38. The molecule has 1 unspecified atom stereocenters. The molecule has 0 bridgehead atoms. The van der Waals surface area contributed by atoms with Gasteiger partial charge in [0, 0.05) is 29.6 Å². The molecule has 0 radical (unpaired) electrons. The SMILES string of the molecule is CC(=O)SC1CC(=O)N(c2ccc(C(C)C)cc2Br)C1. The van der Waals surface area contributed by atoms with Crippen LogP contribution in [0.3, 0.4) is 0 Å². The Labute approximate surface area is 132 Å². The van der Waals surface area contributed by atoms with Gasteiger partial charge in [-0.2, -0.15) is 0 Å². The minimum atomic E-state index is 0.0664. The smallest absolute Gasteiger partial charge is 0.228 e. The largest absolute Gasteiger partial charge is 0.310 e. The van der Waals surface area contributed by atoms with Gasteiger partial charge in [0.25, 0.3) is 0 Å². The number of amides is 1. The van der Waals surface area contributed by atoms with E-state index in [9.17, 15) is 9.59 Å². The standard InChI is InChI=1S/C15H18BrNO2S/c1-9(2)11-4-5-14(13(16)6-11)17-8-12(7-15(17)19)20-10(3)18/h4-6,9,12H,7-8H2,1-3H3. The number of hydrogen-bond acceptors (Lipinski definition) is 3. The minimum Gasteiger partial charge on any atom is -0.310 e. The minimum absolute atomic E-state index is 0.0664. The summed E-state index contributed by atoms with van der Waals surface area (Å²) in [4.78, 5) is 25.1. The fraction of sp³-hybridized carbons (Fsp3) is 0.467. The molecule has 0 spiro atoms. The first-order valence-electron chi connectivity index (χ1n) is 6.65. The molecule has 3 nitrogen and oxygen atoms in total. The number of rotatable bonds is 3. The monoisotopic (exact) mass is 355 g/mol. The third-order valence-corrected chi connectivity index (χ3v) is 4.97. The molecule has 1 aliphatic heterocycles. The summed E-state index contributed by atoms with van der Waals surface area (Å²) in [6.07, 6.45) is 0.433. The van der Waals surface area contributed by atoms with Crippen LogP contribution in [0, 0.1) is 0 Å². The van der Waals surface area contributed by atoms with Crippen LogP contribution in [0.15, 0.2) is 22.7 Å². The summed E-state index contributed by atoms with van der Waals surface area (Å²) in [6.45, 7) is 6.43. The summed E-state index contributed by atoms with van der Waals surface area (Å²) in [5, 5.41) is 0.135. The van der Waals surface area contributed by atoms with Crippen molar-refractivity contribution in [3.63, 3.8) is 0 Å². The van der Waals surface area contributed by atoms with Gasteiger partial charge in [0.1, 0.15) is 0 Å². The van der Waals surface area contributed by atoms with Crippen molar-refractivity contribution in [3.05, 3.63) is 28.2 Å². The molecule has 20 heavy (non-hydrogen) atoms. The van der Waals surface area contributed by atoms with E-state index in [0.29, 0.717) is 18.9 Å². The predicted octanol–water partition coefficient (Wildman–Crippen LogP) is 3.96. The van der Waals surface area contributed by atoms with Crippen molar-refractivity contribution in [1.29, 1.82) is 0 Å².